The summed E-state index contributed by atoms with van der Waals surface area (Å²) in [5.41, 5.74) is 3.23. The zero-order valence-electron chi connectivity index (χ0n) is 15.8. The first-order chi connectivity index (χ1) is 12.9. The summed E-state index contributed by atoms with van der Waals surface area (Å²) in [5, 5.41) is 14.2. The number of likely N-dealkylation sites (N-methyl/N-ethyl adjacent to an activating group) is 1. The van der Waals surface area contributed by atoms with Gasteiger partial charge in [0.2, 0.25) is 5.91 Å². The molecular formula is C21H24N4O2. The van der Waals surface area contributed by atoms with Crippen LogP contribution in [-0.2, 0) is 4.79 Å². The molecular weight excluding hydrogens is 340 g/mol. The minimum absolute atomic E-state index is 0.0912. The molecule has 0 heterocycles. The van der Waals surface area contributed by atoms with E-state index in [0.29, 0.717) is 17.8 Å². The molecule has 1 atom stereocenters. The monoisotopic (exact) mass is 364 g/mol. The fourth-order valence-electron chi connectivity index (χ4n) is 2.84. The van der Waals surface area contributed by atoms with Gasteiger partial charge in [-0.25, -0.2) is 4.79 Å². The number of carbonyl (C=O) groups excluding carboxylic acids is 2. The van der Waals surface area contributed by atoms with E-state index in [0.717, 1.165) is 11.1 Å². The Morgan fingerprint density at radius 2 is 1.89 bits per heavy atom. The lowest BCUT2D eigenvalue weighted by Gasteiger charge is -2.28. The molecule has 6 heteroatoms. The molecule has 27 heavy (non-hydrogen) atoms. The first kappa shape index (κ1) is 20.0. The van der Waals surface area contributed by atoms with Crippen molar-refractivity contribution in [1.29, 1.82) is 5.26 Å². The number of hydrogen-bond donors (Lipinski definition) is 2. The molecule has 0 aliphatic rings. The smallest absolute Gasteiger partial charge is 0.319 e. The molecule has 0 spiro atoms. The third-order valence-corrected chi connectivity index (χ3v) is 4.33. The number of rotatable bonds is 6. The van der Waals surface area contributed by atoms with Crippen LogP contribution in [0.4, 0.5) is 10.5 Å². The maximum Gasteiger partial charge on any atom is 0.319 e. The van der Waals surface area contributed by atoms with Gasteiger partial charge in [-0.15, -0.1) is 0 Å². The van der Waals surface area contributed by atoms with Gasteiger partial charge in [-0.2, -0.15) is 5.26 Å². The van der Waals surface area contributed by atoms with E-state index in [9.17, 15) is 9.59 Å². The van der Waals surface area contributed by atoms with Gasteiger partial charge in [-0.3, -0.25) is 4.79 Å². The average molecular weight is 364 g/mol. The molecule has 0 aliphatic heterocycles. The van der Waals surface area contributed by atoms with Gasteiger partial charge in [0.15, 0.2) is 0 Å². The van der Waals surface area contributed by atoms with Crippen LogP contribution in [0.5, 0.6) is 0 Å². The predicted molar refractivity (Wildman–Crippen MR) is 105 cm³/mol. The van der Waals surface area contributed by atoms with E-state index in [2.05, 4.69) is 16.7 Å². The van der Waals surface area contributed by atoms with Crippen molar-refractivity contribution in [2.24, 2.45) is 0 Å². The Labute approximate surface area is 159 Å². The minimum Gasteiger partial charge on any atom is -0.335 e. The Morgan fingerprint density at radius 3 is 2.48 bits per heavy atom. The van der Waals surface area contributed by atoms with Crippen LogP contribution in [0.2, 0.25) is 0 Å². The van der Waals surface area contributed by atoms with Crippen LogP contribution in [0.25, 0.3) is 0 Å². The number of aryl methyl sites for hydroxylation is 1. The van der Waals surface area contributed by atoms with Gasteiger partial charge < -0.3 is 15.5 Å². The highest BCUT2D eigenvalue weighted by Crippen LogP contribution is 2.20. The number of anilines is 1. The van der Waals surface area contributed by atoms with Crippen LogP contribution in [-0.4, -0.2) is 29.9 Å². The molecule has 0 saturated heterocycles. The van der Waals surface area contributed by atoms with Gasteiger partial charge in [0.25, 0.3) is 0 Å². The molecule has 6 nitrogen and oxygen atoms in total. The third kappa shape index (κ3) is 5.58. The van der Waals surface area contributed by atoms with Crippen molar-refractivity contribution < 1.29 is 9.59 Å². The van der Waals surface area contributed by atoms with Crippen molar-refractivity contribution in [1.82, 2.24) is 10.2 Å². The molecule has 1 unspecified atom stereocenters. The number of benzene rings is 2. The van der Waals surface area contributed by atoms with Crippen molar-refractivity contribution in [2.75, 3.05) is 18.4 Å². The van der Waals surface area contributed by atoms with Crippen molar-refractivity contribution in [3.05, 3.63) is 65.2 Å². The lowest BCUT2D eigenvalue weighted by molar-refractivity contribution is -0.131. The number of hydrogen-bond acceptors (Lipinski definition) is 3. The molecule has 0 radical (unpaired) electrons. The van der Waals surface area contributed by atoms with Crippen molar-refractivity contribution in [2.45, 2.75) is 26.8 Å². The standard InChI is InChI=1S/C21H24N4O2/c1-4-25(16(3)18-10-8-17(13-22)9-11-18)20(26)14-23-21(27)24-19-7-5-6-15(2)12-19/h5-12,16H,4,14H2,1-3H3,(H2,23,24,27). The Morgan fingerprint density at radius 1 is 1.19 bits per heavy atom. The van der Waals surface area contributed by atoms with E-state index in [1.807, 2.05) is 51.1 Å². The summed E-state index contributed by atoms with van der Waals surface area (Å²) < 4.78 is 0. The second-order valence-electron chi connectivity index (χ2n) is 6.27. The van der Waals surface area contributed by atoms with Crippen molar-refractivity contribution in [3.8, 4) is 6.07 Å². The first-order valence-electron chi connectivity index (χ1n) is 8.85. The predicted octanol–water partition coefficient (Wildman–Crippen LogP) is 3.60. The highest BCUT2D eigenvalue weighted by atomic mass is 16.2. The topological polar surface area (TPSA) is 85.2 Å². The summed E-state index contributed by atoms with van der Waals surface area (Å²) in [6.45, 7) is 6.18. The fourth-order valence-corrected chi connectivity index (χ4v) is 2.84. The molecule has 2 aromatic carbocycles. The van der Waals surface area contributed by atoms with Crippen LogP contribution in [0, 0.1) is 18.3 Å². The van der Waals surface area contributed by atoms with Crippen LogP contribution in [0.15, 0.2) is 48.5 Å². The van der Waals surface area contributed by atoms with Crippen LogP contribution < -0.4 is 10.6 Å². The van der Waals surface area contributed by atoms with Crippen molar-refractivity contribution in [3.63, 3.8) is 0 Å². The normalized spacial score (nSPS) is 11.2. The number of carbonyl (C=O) groups is 2. The molecule has 140 valence electrons. The van der Waals surface area contributed by atoms with E-state index in [1.54, 1.807) is 23.1 Å². The van der Waals surface area contributed by atoms with Crippen molar-refractivity contribution >= 4 is 17.6 Å². The minimum atomic E-state index is -0.420. The molecule has 0 aliphatic carbocycles. The van der Waals surface area contributed by atoms with Gasteiger partial charge >= 0.3 is 6.03 Å². The van der Waals surface area contributed by atoms with E-state index in [4.69, 9.17) is 5.26 Å². The first-order valence-corrected chi connectivity index (χ1v) is 8.85. The Balaban J connectivity index is 1.93. The SMILES string of the molecule is CCN(C(=O)CNC(=O)Nc1cccc(C)c1)C(C)c1ccc(C#N)cc1. The molecule has 3 amide bonds. The second-order valence-corrected chi connectivity index (χ2v) is 6.27. The molecule has 2 aromatic rings. The summed E-state index contributed by atoms with van der Waals surface area (Å²) in [7, 11) is 0. The number of nitrogens with zero attached hydrogens (tertiary/aromatic N) is 2. The lowest BCUT2D eigenvalue weighted by Crippen LogP contribution is -2.42. The van der Waals surface area contributed by atoms with Gasteiger partial charge in [-0.1, -0.05) is 24.3 Å². The van der Waals surface area contributed by atoms with E-state index in [-0.39, 0.29) is 18.5 Å². The van der Waals surface area contributed by atoms with E-state index < -0.39 is 6.03 Å². The summed E-state index contributed by atoms with van der Waals surface area (Å²) >= 11 is 0. The highest BCUT2D eigenvalue weighted by molar-refractivity contribution is 5.92. The maximum absolute atomic E-state index is 12.6. The van der Waals surface area contributed by atoms with Gasteiger partial charge in [0.1, 0.15) is 0 Å². The summed E-state index contributed by atoms with van der Waals surface area (Å²) in [5.74, 6) is -0.172. The Kier molecular flexibility index (Phi) is 6.95. The largest absolute Gasteiger partial charge is 0.335 e. The third-order valence-electron chi connectivity index (χ3n) is 4.33. The lowest BCUT2D eigenvalue weighted by atomic mass is 10.0. The van der Waals surface area contributed by atoms with Gasteiger partial charge in [-0.05, 0) is 56.2 Å². The van der Waals surface area contributed by atoms with Crippen LogP contribution >= 0.6 is 0 Å². The van der Waals surface area contributed by atoms with Gasteiger partial charge in [0, 0.05) is 12.2 Å². The zero-order chi connectivity index (χ0) is 19.8. The zero-order valence-corrected chi connectivity index (χ0v) is 15.8. The molecule has 0 fully saturated rings. The molecule has 0 aromatic heterocycles. The number of nitriles is 1. The summed E-state index contributed by atoms with van der Waals surface area (Å²) in [4.78, 5) is 26.3. The Hall–Kier alpha value is -3.33. The number of urea groups is 1. The van der Waals surface area contributed by atoms with E-state index >= 15 is 0 Å². The summed E-state index contributed by atoms with van der Waals surface area (Å²) in [6.07, 6.45) is 0. The van der Waals surface area contributed by atoms with E-state index in [1.165, 1.54) is 0 Å². The molecule has 2 N–H and O–H groups in total. The molecule has 2 rings (SSSR count). The molecule has 0 bridgehead atoms. The molecule has 0 saturated carbocycles. The number of amides is 3. The summed E-state index contributed by atoms with van der Waals surface area (Å²) in [6, 6.07) is 16.1. The highest BCUT2D eigenvalue weighted by Gasteiger charge is 2.20. The number of nitrogens with one attached hydrogen (secondary N) is 2. The Bertz CT molecular complexity index is 840. The quantitative estimate of drug-likeness (QED) is 0.821. The second kappa shape index (κ2) is 9.39. The average Bonchev–Trinajstić information content (AvgIpc) is 2.67. The maximum atomic E-state index is 12.6. The van der Waals surface area contributed by atoms with Gasteiger partial charge in [0.05, 0.1) is 24.2 Å². The van der Waals surface area contributed by atoms with Crippen LogP contribution in [0.1, 0.15) is 36.6 Å². The van der Waals surface area contributed by atoms with Crippen LogP contribution in [0.3, 0.4) is 0 Å². The fraction of sp³-hybridized carbons (Fsp3) is 0.286.